The van der Waals surface area contributed by atoms with Crippen LogP contribution in [0.3, 0.4) is 0 Å². The average molecular weight is 508 g/mol. The second kappa shape index (κ2) is 10.1. The summed E-state index contributed by atoms with van der Waals surface area (Å²) in [5.74, 6) is 0.172. The van der Waals surface area contributed by atoms with Gasteiger partial charge < -0.3 is 9.30 Å². The number of likely N-dealkylation sites (tertiary alicyclic amines) is 2. The monoisotopic (exact) mass is 507 g/mol. The number of ether oxygens (including phenoxy) is 1. The van der Waals surface area contributed by atoms with E-state index in [2.05, 4.69) is 51.2 Å². The fourth-order valence-electron chi connectivity index (χ4n) is 5.84. The van der Waals surface area contributed by atoms with Crippen LogP contribution in [0.15, 0.2) is 12.3 Å². The van der Waals surface area contributed by atoms with Crippen molar-refractivity contribution in [2.45, 2.75) is 53.1 Å². The number of hydrogen-bond donors (Lipinski definition) is 0. The largest absolute Gasteiger partial charge is 0.379 e. The fourth-order valence-corrected chi connectivity index (χ4v) is 5.84. The SMILES string of the molecule is CC(C)(C)Cn1c(CN2CCC3(CC2)CC(=O)N(CCN2CCOCC2)C3=O)cc2cnc(C#N)nc21. The molecule has 2 aromatic rings. The molecule has 0 atom stereocenters. The summed E-state index contributed by atoms with van der Waals surface area (Å²) in [6.07, 6.45) is 3.45. The second-order valence-electron chi connectivity index (χ2n) is 11.9. The van der Waals surface area contributed by atoms with Crippen molar-refractivity contribution in [1.29, 1.82) is 5.26 Å². The van der Waals surface area contributed by atoms with Crippen molar-refractivity contribution in [2.24, 2.45) is 10.8 Å². The Labute approximate surface area is 218 Å². The smallest absolute Gasteiger partial charge is 0.236 e. The van der Waals surface area contributed by atoms with Crippen LogP contribution in [0, 0.1) is 22.2 Å². The molecule has 0 saturated carbocycles. The molecule has 5 heterocycles. The van der Waals surface area contributed by atoms with Crippen molar-refractivity contribution in [3.63, 3.8) is 0 Å². The molecule has 3 aliphatic rings. The number of piperidine rings is 1. The van der Waals surface area contributed by atoms with Gasteiger partial charge in [0, 0.05) is 63.0 Å². The Balaban J connectivity index is 1.26. The third-order valence-corrected chi connectivity index (χ3v) is 7.88. The Morgan fingerprint density at radius 1 is 1.08 bits per heavy atom. The summed E-state index contributed by atoms with van der Waals surface area (Å²) < 4.78 is 7.61. The van der Waals surface area contributed by atoms with Gasteiger partial charge in [-0.1, -0.05) is 20.8 Å². The zero-order chi connectivity index (χ0) is 26.2. The number of fused-ring (bicyclic) bond motifs is 1. The van der Waals surface area contributed by atoms with Gasteiger partial charge in [-0.2, -0.15) is 5.26 Å². The molecule has 0 N–H and O–H groups in total. The summed E-state index contributed by atoms with van der Waals surface area (Å²) in [7, 11) is 0. The molecule has 2 amide bonds. The first-order valence-electron chi connectivity index (χ1n) is 13.3. The van der Waals surface area contributed by atoms with Crippen LogP contribution in [-0.2, 0) is 27.4 Å². The van der Waals surface area contributed by atoms with Crippen LogP contribution in [0.25, 0.3) is 11.0 Å². The number of morpholine rings is 1. The minimum atomic E-state index is -0.552. The van der Waals surface area contributed by atoms with Crippen LogP contribution in [0.4, 0.5) is 0 Å². The van der Waals surface area contributed by atoms with E-state index in [4.69, 9.17) is 4.74 Å². The number of hydrogen-bond acceptors (Lipinski definition) is 8. The van der Waals surface area contributed by atoms with Crippen molar-refractivity contribution >= 4 is 22.8 Å². The molecule has 0 aromatic carbocycles. The highest BCUT2D eigenvalue weighted by molar-refractivity contribution is 6.06. The van der Waals surface area contributed by atoms with Gasteiger partial charge in [-0.05, 0) is 37.4 Å². The van der Waals surface area contributed by atoms with Crippen molar-refractivity contribution in [2.75, 3.05) is 52.5 Å². The fraction of sp³-hybridized carbons (Fsp3) is 0.667. The normalized spacial score (nSPS) is 21.3. The number of nitrogens with zero attached hydrogens (tertiary/aromatic N) is 7. The summed E-state index contributed by atoms with van der Waals surface area (Å²) in [5, 5.41) is 10.2. The predicted molar refractivity (Wildman–Crippen MR) is 137 cm³/mol. The summed E-state index contributed by atoms with van der Waals surface area (Å²) in [4.78, 5) is 41.1. The molecule has 1 spiro atoms. The van der Waals surface area contributed by atoms with Crippen molar-refractivity contribution in [3.05, 3.63) is 23.8 Å². The molecule has 3 fully saturated rings. The Morgan fingerprint density at radius 3 is 2.49 bits per heavy atom. The molecule has 37 heavy (non-hydrogen) atoms. The molecular formula is C27H37N7O3. The number of imide groups is 1. The van der Waals surface area contributed by atoms with Crippen LogP contribution in [0.1, 0.15) is 51.6 Å². The van der Waals surface area contributed by atoms with E-state index in [1.165, 1.54) is 4.90 Å². The Kier molecular flexibility index (Phi) is 7.05. The maximum atomic E-state index is 13.4. The first-order chi connectivity index (χ1) is 17.7. The van der Waals surface area contributed by atoms with Crippen molar-refractivity contribution in [3.8, 4) is 6.07 Å². The quantitative estimate of drug-likeness (QED) is 0.547. The molecule has 0 aliphatic carbocycles. The van der Waals surface area contributed by atoms with Gasteiger partial charge in [0.15, 0.2) is 0 Å². The van der Waals surface area contributed by atoms with E-state index in [1.54, 1.807) is 6.20 Å². The van der Waals surface area contributed by atoms with E-state index in [0.29, 0.717) is 39.0 Å². The van der Waals surface area contributed by atoms with Crippen LogP contribution in [-0.4, -0.2) is 93.5 Å². The van der Waals surface area contributed by atoms with Gasteiger partial charge in [-0.25, -0.2) is 9.97 Å². The van der Waals surface area contributed by atoms with Gasteiger partial charge in [0.1, 0.15) is 11.7 Å². The van der Waals surface area contributed by atoms with E-state index in [0.717, 1.165) is 62.5 Å². The van der Waals surface area contributed by atoms with E-state index in [-0.39, 0.29) is 23.1 Å². The number of aromatic nitrogens is 3. The molecular weight excluding hydrogens is 470 g/mol. The Bertz CT molecular complexity index is 1210. The lowest BCUT2D eigenvalue weighted by Crippen LogP contribution is -2.46. The highest BCUT2D eigenvalue weighted by Crippen LogP contribution is 2.42. The molecule has 2 aromatic heterocycles. The van der Waals surface area contributed by atoms with E-state index in [9.17, 15) is 14.9 Å². The molecule has 0 unspecified atom stereocenters. The molecule has 0 bridgehead atoms. The third kappa shape index (κ3) is 5.40. The molecule has 5 rings (SSSR count). The van der Waals surface area contributed by atoms with Crippen molar-refractivity contribution in [1.82, 2.24) is 29.2 Å². The second-order valence-corrected chi connectivity index (χ2v) is 11.9. The minimum Gasteiger partial charge on any atom is -0.379 e. The molecule has 0 radical (unpaired) electrons. The maximum Gasteiger partial charge on any atom is 0.236 e. The molecule has 198 valence electrons. The molecule has 10 nitrogen and oxygen atoms in total. The van der Waals surface area contributed by atoms with Crippen LogP contribution < -0.4 is 0 Å². The Morgan fingerprint density at radius 2 is 1.81 bits per heavy atom. The summed E-state index contributed by atoms with van der Waals surface area (Å²) in [6, 6.07) is 4.16. The van der Waals surface area contributed by atoms with Gasteiger partial charge in [-0.3, -0.25) is 24.3 Å². The summed E-state index contributed by atoms with van der Waals surface area (Å²) >= 11 is 0. The van der Waals surface area contributed by atoms with Crippen LogP contribution in [0.5, 0.6) is 0 Å². The number of carbonyl (C=O) groups excluding carboxylic acids is 2. The van der Waals surface area contributed by atoms with Crippen LogP contribution >= 0.6 is 0 Å². The lowest BCUT2D eigenvalue weighted by Gasteiger charge is -2.37. The lowest BCUT2D eigenvalue weighted by molar-refractivity contribution is -0.143. The number of carbonyl (C=O) groups is 2. The highest BCUT2D eigenvalue weighted by Gasteiger charge is 2.52. The standard InChI is InChI=1S/C27H37N7O3/c1-26(2,3)19-34-21(14-20-17-29-22(16-28)30-24(20)34)18-32-6-4-27(5-7-32)15-23(35)33(25(27)36)9-8-31-10-12-37-13-11-31/h14,17H,4-13,15,18-19H2,1-3H3. The first kappa shape index (κ1) is 25.8. The van der Waals surface area contributed by atoms with Gasteiger partial charge in [0.25, 0.3) is 0 Å². The summed E-state index contributed by atoms with van der Waals surface area (Å²) in [5.41, 5.74) is 1.40. The number of amides is 2. The van der Waals surface area contributed by atoms with Gasteiger partial charge in [0.05, 0.1) is 18.6 Å². The van der Waals surface area contributed by atoms with Crippen molar-refractivity contribution < 1.29 is 14.3 Å². The Hall–Kier alpha value is -2.87. The number of rotatable bonds is 6. The van der Waals surface area contributed by atoms with Gasteiger partial charge in [0.2, 0.25) is 17.6 Å². The third-order valence-electron chi connectivity index (χ3n) is 7.88. The minimum absolute atomic E-state index is 0.0200. The molecule has 3 aliphatic heterocycles. The molecule has 10 heteroatoms. The van der Waals surface area contributed by atoms with E-state index >= 15 is 0 Å². The first-order valence-corrected chi connectivity index (χ1v) is 13.3. The average Bonchev–Trinajstić information content (AvgIpc) is 3.31. The van der Waals surface area contributed by atoms with E-state index < -0.39 is 5.41 Å². The predicted octanol–water partition coefficient (Wildman–Crippen LogP) is 2.02. The highest BCUT2D eigenvalue weighted by atomic mass is 16.5. The van der Waals surface area contributed by atoms with Gasteiger partial charge >= 0.3 is 0 Å². The van der Waals surface area contributed by atoms with E-state index in [1.807, 2.05) is 6.07 Å². The maximum absolute atomic E-state index is 13.4. The number of nitriles is 1. The zero-order valence-corrected chi connectivity index (χ0v) is 22.2. The topological polar surface area (TPSA) is 108 Å². The van der Waals surface area contributed by atoms with Gasteiger partial charge in [-0.15, -0.1) is 0 Å². The molecule has 3 saturated heterocycles. The lowest BCUT2D eigenvalue weighted by atomic mass is 9.77. The zero-order valence-electron chi connectivity index (χ0n) is 22.2. The summed E-state index contributed by atoms with van der Waals surface area (Å²) in [6.45, 7) is 13.9. The van der Waals surface area contributed by atoms with Crippen LogP contribution in [0.2, 0.25) is 0 Å².